The van der Waals surface area contributed by atoms with Gasteiger partial charge in [0.15, 0.2) is 5.82 Å². The van der Waals surface area contributed by atoms with Crippen LogP contribution in [0, 0.1) is 5.82 Å². The maximum atomic E-state index is 13.4. The average Bonchev–Trinajstić information content (AvgIpc) is 3.16. The van der Waals surface area contributed by atoms with Crippen LogP contribution in [0.25, 0.3) is 11.5 Å². The van der Waals surface area contributed by atoms with Crippen LogP contribution >= 0.6 is 0 Å². The summed E-state index contributed by atoms with van der Waals surface area (Å²) in [6.07, 6.45) is 3.12. The molecular weight excluding hydrogens is 365 g/mol. The van der Waals surface area contributed by atoms with Crippen LogP contribution in [0.3, 0.4) is 0 Å². The summed E-state index contributed by atoms with van der Waals surface area (Å²) in [5, 5.41) is 8.04. The summed E-state index contributed by atoms with van der Waals surface area (Å²) in [6, 6.07) is 9.10. The van der Waals surface area contributed by atoms with Gasteiger partial charge in [-0.2, -0.15) is 0 Å². The highest BCUT2D eigenvalue weighted by molar-refractivity contribution is 5.92. The van der Waals surface area contributed by atoms with Gasteiger partial charge in [0, 0.05) is 6.54 Å². The lowest BCUT2D eigenvalue weighted by atomic mass is 10.2. The van der Waals surface area contributed by atoms with Crippen LogP contribution in [-0.4, -0.2) is 39.4 Å². The number of carbonyl (C=O) groups is 1. The minimum atomic E-state index is -0.640. The average molecular weight is 385 g/mol. The second-order valence-corrected chi connectivity index (χ2v) is 5.98. The number of methoxy groups -OCH3 is 1. The number of nitrogens with zero attached hydrogens (tertiary/aromatic N) is 4. The van der Waals surface area contributed by atoms with Gasteiger partial charge in [-0.05, 0) is 43.2 Å². The molecule has 146 valence electrons. The fourth-order valence-corrected chi connectivity index (χ4v) is 2.66. The number of nitrogens with two attached hydrogens (primary N) is 1. The number of hydrogen-bond acceptors (Lipinski definition) is 7. The monoisotopic (exact) mass is 385 g/mol. The molecule has 0 atom stereocenters. The highest BCUT2D eigenvalue weighted by Crippen LogP contribution is 2.21. The van der Waals surface area contributed by atoms with Gasteiger partial charge < -0.3 is 19.8 Å². The molecule has 0 bridgehead atoms. The quantitative estimate of drug-likeness (QED) is 0.469. The number of carbonyl (C=O) groups excluding carboxylic acids is 1. The van der Waals surface area contributed by atoms with E-state index in [1.54, 1.807) is 12.4 Å². The van der Waals surface area contributed by atoms with E-state index in [1.165, 1.54) is 19.2 Å². The Morgan fingerprint density at radius 1 is 1.25 bits per heavy atom. The van der Waals surface area contributed by atoms with Gasteiger partial charge in [0.05, 0.1) is 13.7 Å². The Kier molecular flexibility index (Phi) is 6.15. The molecule has 0 spiro atoms. The summed E-state index contributed by atoms with van der Waals surface area (Å²) in [5.41, 5.74) is 6.44. The highest BCUT2D eigenvalue weighted by Gasteiger charge is 2.14. The Bertz CT molecular complexity index is 960. The molecule has 0 saturated heterocycles. The van der Waals surface area contributed by atoms with E-state index >= 15 is 0 Å². The zero-order valence-corrected chi connectivity index (χ0v) is 15.3. The first-order valence-electron chi connectivity index (χ1n) is 8.70. The van der Waals surface area contributed by atoms with E-state index in [1.807, 2.05) is 16.7 Å². The van der Waals surface area contributed by atoms with Gasteiger partial charge in [0.2, 0.25) is 0 Å². The molecule has 0 aliphatic rings. The number of anilines is 1. The Morgan fingerprint density at radius 3 is 2.89 bits per heavy atom. The number of aryl methyl sites for hydroxylation is 1. The molecule has 1 aromatic carbocycles. The van der Waals surface area contributed by atoms with E-state index in [9.17, 15) is 9.18 Å². The zero-order chi connectivity index (χ0) is 19.9. The van der Waals surface area contributed by atoms with Crippen molar-refractivity contribution >= 4 is 11.8 Å². The SMILES string of the molecule is COC(=O)c1cc(F)ccc1OCCCCn1cnnc1-c1cccc(N)n1. The first-order valence-corrected chi connectivity index (χ1v) is 8.70. The van der Waals surface area contributed by atoms with Crippen molar-refractivity contribution in [3.63, 3.8) is 0 Å². The number of halogens is 1. The topological polar surface area (TPSA) is 105 Å². The van der Waals surface area contributed by atoms with Crippen LogP contribution in [-0.2, 0) is 11.3 Å². The van der Waals surface area contributed by atoms with Crippen LogP contribution in [0.2, 0.25) is 0 Å². The van der Waals surface area contributed by atoms with Crippen LogP contribution in [0.1, 0.15) is 23.2 Å². The molecule has 2 aromatic heterocycles. The van der Waals surface area contributed by atoms with Gasteiger partial charge in [-0.15, -0.1) is 10.2 Å². The number of rotatable bonds is 8. The van der Waals surface area contributed by atoms with Crippen molar-refractivity contribution in [1.82, 2.24) is 19.7 Å². The minimum Gasteiger partial charge on any atom is -0.493 e. The maximum absolute atomic E-state index is 13.4. The second-order valence-electron chi connectivity index (χ2n) is 5.98. The third-order valence-electron chi connectivity index (χ3n) is 4.01. The molecule has 9 heteroatoms. The van der Waals surface area contributed by atoms with Crippen molar-refractivity contribution in [3.8, 4) is 17.3 Å². The fourth-order valence-electron chi connectivity index (χ4n) is 2.66. The first kappa shape index (κ1) is 19.3. The lowest BCUT2D eigenvalue weighted by Gasteiger charge is -2.11. The normalized spacial score (nSPS) is 10.6. The zero-order valence-electron chi connectivity index (χ0n) is 15.3. The number of unbranched alkanes of at least 4 members (excludes halogenated alkanes) is 1. The molecular formula is C19H20FN5O3. The van der Waals surface area contributed by atoms with Crippen molar-refractivity contribution in [2.75, 3.05) is 19.5 Å². The van der Waals surface area contributed by atoms with E-state index in [0.29, 0.717) is 42.7 Å². The molecule has 0 radical (unpaired) electrons. The van der Waals surface area contributed by atoms with Gasteiger partial charge in [0.25, 0.3) is 0 Å². The molecule has 0 aliphatic carbocycles. The molecule has 3 aromatic rings. The summed E-state index contributed by atoms with van der Waals surface area (Å²) < 4.78 is 25.5. The Hall–Kier alpha value is -3.49. The van der Waals surface area contributed by atoms with Gasteiger partial charge in [-0.1, -0.05) is 6.07 Å². The summed E-state index contributed by atoms with van der Waals surface area (Å²) in [6.45, 7) is 1.03. The Labute approximate surface area is 161 Å². The lowest BCUT2D eigenvalue weighted by molar-refractivity contribution is 0.0595. The molecule has 8 nitrogen and oxygen atoms in total. The van der Waals surface area contributed by atoms with Crippen molar-refractivity contribution in [2.24, 2.45) is 0 Å². The number of ether oxygens (including phenoxy) is 2. The molecule has 28 heavy (non-hydrogen) atoms. The van der Waals surface area contributed by atoms with Gasteiger partial charge in [-0.25, -0.2) is 14.2 Å². The number of aromatic nitrogens is 4. The van der Waals surface area contributed by atoms with E-state index < -0.39 is 11.8 Å². The second kappa shape index (κ2) is 8.94. The van der Waals surface area contributed by atoms with Crippen molar-refractivity contribution in [1.29, 1.82) is 0 Å². The number of hydrogen-bond donors (Lipinski definition) is 1. The van der Waals surface area contributed by atoms with E-state index in [2.05, 4.69) is 19.9 Å². The first-order chi connectivity index (χ1) is 13.6. The van der Waals surface area contributed by atoms with E-state index in [0.717, 1.165) is 12.5 Å². The smallest absolute Gasteiger partial charge is 0.341 e. The number of pyridine rings is 1. The predicted molar refractivity (Wildman–Crippen MR) is 100 cm³/mol. The molecule has 2 N–H and O–H groups in total. The summed E-state index contributed by atoms with van der Waals surface area (Å²) in [7, 11) is 1.24. The predicted octanol–water partition coefficient (Wildman–Crippen LogP) is 2.71. The molecule has 0 amide bonds. The van der Waals surface area contributed by atoms with Crippen LogP contribution in [0.4, 0.5) is 10.2 Å². The van der Waals surface area contributed by atoms with Gasteiger partial charge in [-0.3, -0.25) is 0 Å². The largest absolute Gasteiger partial charge is 0.493 e. The molecule has 2 heterocycles. The highest BCUT2D eigenvalue weighted by atomic mass is 19.1. The van der Waals surface area contributed by atoms with Crippen molar-refractivity contribution in [2.45, 2.75) is 19.4 Å². The lowest BCUT2D eigenvalue weighted by Crippen LogP contribution is -2.08. The maximum Gasteiger partial charge on any atom is 0.341 e. The van der Waals surface area contributed by atoms with Gasteiger partial charge in [0.1, 0.15) is 35.0 Å². The molecule has 0 saturated carbocycles. The minimum absolute atomic E-state index is 0.0661. The number of benzene rings is 1. The third-order valence-corrected chi connectivity index (χ3v) is 4.01. The van der Waals surface area contributed by atoms with Crippen LogP contribution in [0.15, 0.2) is 42.7 Å². The third kappa shape index (κ3) is 4.61. The summed E-state index contributed by atoms with van der Waals surface area (Å²) in [4.78, 5) is 16.0. The summed E-state index contributed by atoms with van der Waals surface area (Å²) >= 11 is 0. The summed E-state index contributed by atoms with van der Waals surface area (Å²) in [5.74, 6) is 0.185. The van der Waals surface area contributed by atoms with Crippen molar-refractivity contribution in [3.05, 3.63) is 54.1 Å². The fraction of sp³-hybridized carbons (Fsp3) is 0.263. The molecule has 0 aliphatic heterocycles. The molecule has 0 fully saturated rings. The standard InChI is InChI=1S/C19H20FN5O3/c1-27-19(26)14-11-13(20)7-8-16(14)28-10-3-2-9-25-12-22-24-18(25)15-5-4-6-17(21)23-15/h4-8,11-12H,2-3,9-10H2,1H3,(H2,21,23). The van der Waals surface area contributed by atoms with Crippen LogP contribution in [0.5, 0.6) is 5.75 Å². The number of esters is 1. The Morgan fingerprint density at radius 2 is 2.11 bits per heavy atom. The van der Waals surface area contributed by atoms with Crippen molar-refractivity contribution < 1.29 is 18.7 Å². The van der Waals surface area contributed by atoms with Crippen LogP contribution < -0.4 is 10.5 Å². The number of nitrogen functional groups attached to an aromatic ring is 1. The van der Waals surface area contributed by atoms with E-state index in [-0.39, 0.29) is 5.56 Å². The molecule has 3 rings (SSSR count). The van der Waals surface area contributed by atoms with Gasteiger partial charge >= 0.3 is 5.97 Å². The van der Waals surface area contributed by atoms with E-state index in [4.69, 9.17) is 10.5 Å². The molecule has 0 unspecified atom stereocenters. The Balaban J connectivity index is 1.54.